The summed E-state index contributed by atoms with van der Waals surface area (Å²) in [5.41, 5.74) is -0.0463. The summed E-state index contributed by atoms with van der Waals surface area (Å²) in [6, 6.07) is 6.71. The molecule has 0 fully saturated rings. The Morgan fingerprint density at radius 3 is 2.48 bits per heavy atom. The Balaban J connectivity index is 2.14. The SMILES string of the molecule is Cc1cc(C)nc(NC(=O)C2(c3ccccn3)C=CC=CC2S(N)(=O)=O)n1. The number of pyridine rings is 1. The number of carbonyl (C=O) groups is 1. The summed E-state index contributed by atoms with van der Waals surface area (Å²) < 4.78 is 24.6. The fourth-order valence-corrected chi connectivity index (χ4v) is 4.27. The summed E-state index contributed by atoms with van der Waals surface area (Å²) in [7, 11) is -4.11. The van der Waals surface area contributed by atoms with Crippen molar-refractivity contribution in [3.63, 3.8) is 0 Å². The smallest absolute Gasteiger partial charge is 0.244 e. The molecule has 0 aliphatic heterocycles. The lowest BCUT2D eigenvalue weighted by molar-refractivity contribution is -0.120. The normalized spacial score (nSPS) is 21.8. The number of amides is 1. The van der Waals surface area contributed by atoms with E-state index in [2.05, 4.69) is 20.3 Å². The first-order chi connectivity index (χ1) is 12.7. The second-order valence-electron chi connectivity index (χ2n) is 6.27. The summed E-state index contributed by atoms with van der Waals surface area (Å²) in [6.07, 6.45) is 7.49. The minimum Gasteiger partial charge on any atom is -0.293 e. The van der Waals surface area contributed by atoms with Gasteiger partial charge in [0.05, 0.1) is 5.69 Å². The average molecular weight is 385 g/mol. The highest BCUT2D eigenvalue weighted by Crippen LogP contribution is 2.36. The molecule has 140 valence electrons. The van der Waals surface area contributed by atoms with E-state index in [-0.39, 0.29) is 11.6 Å². The number of sulfonamides is 1. The van der Waals surface area contributed by atoms with Crippen LogP contribution in [0.25, 0.3) is 0 Å². The van der Waals surface area contributed by atoms with Crippen molar-refractivity contribution in [2.45, 2.75) is 24.5 Å². The van der Waals surface area contributed by atoms with E-state index in [1.807, 2.05) is 0 Å². The number of nitrogens with two attached hydrogens (primary N) is 1. The molecule has 0 radical (unpaired) electrons. The molecule has 0 saturated heterocycles. The predicted octanol–water partition coefficient (Wildman–Crippen LogP) is 1.15. The van der Waals surface area contributed by atoms with Crippen molar-refractivity contribution in [3.05, 3.63) is 71.8 Å². The molecular weight excluding hydrogens is 366 g/mol. The van der Waals surface area contributed by atoms with Crippen molar-refractivity contribution in [1.29, 1.82) is 0 Å². The molecule has 1 amide bonds. The molecule has 3 rings (SSSR count). The highest BCUT2D eigenvalue weighted by molar-refractivity contribution is 7.90. The van der Waals surface area contributed by atoms with Crippen LogP contribution in [-0.4, -0.2) is 34.5 Å². The Hall–Kier alpha value is -2.91. The van der Waals surface area contributed by atoms with Gasteiger partial charge in [-0.15, -0.1) is 0 Å². The van der Waals surface area contributed by atoms with E-state index in [1.54, 1.807) is 44.2 Å². The number of nitrogens with one attached hydrogen (secondary N) is 1. The van der Waals surface area contributed by atoms with Gasteiger partial charge in [-0.25, -0.2) is 23.5 Å². The second-order valence-corrected chi connectivity index (χ2v) is 7.95. The first-order valence-corrected chi connectivity index (χ1v) is 9.77. The zero-order chi connectivity index (χ0) is 19.7. The number of aryl methyl sites for hydroxylation is 2. The number of primary sulfonamides is 1. The number of allylic oxidation sites excluding steroid dienone is 2. The molecule has 2 heterocycles. The van der Waals surface area contributed by atoms with Crippen LogP contribution in [0.5, 0.6) is 0 Å². The molecule has 2 unspecified atom stereocenters. The predicted molar refractivity (Wildman–Crippen MR) is 101 cm³/mol. The van der Waals surface area contributed by atoms with Gasteiger partial charge in [0.15, 0.2) is 0 Å². The van der Waals surface area contributed by atoms with Gasteiger partial charge in [0.25, 0.3) is 0 Å². The van der Waals surface area contributed by atoms with E-state index in [9.17, 15) is 13.2 Å². The van der Waals surface area contributed by atoms with Crippen LogP contribution in [0.1, 0.15) is 17.1 Å². The molecule has 27 heavy (non-hydrogen) atoms. The van der Waals surface area contributed by atoms with E-state index in [4.69, 9.17) is 5.14 Å². The van der Waals surface area contributed by atoms with Gasteiger partial charge in [-0.05, 0) is 32.0 Å². The van der Waals surface area contributed by atoms with Gasteiger partial charge in [0, 0.05) is 17.6 Å². The van der Waals surface area contributed by atoms with Crippen molar-refractivity contribution >= 4 is 21.9 Å². The van der Waals surface area contributed by atoms with Crippen LogP contribution in [0.15, 0.2) is 54.8 Å². The minimum absolute atomic E-state index is 0.0870. The molecule has 2 aromatic rings. The molecule has 9 heteroatoms. The van der Waals surface area contributed by atoms with Crippen LogP contribution < -0.4 is 10.5 Å². The lowest BCUT2D eigenvalue weighted by atomic mass is 9.76. The maximum Gasteiger partial charge on any atom is 0.244 e. The Kier molecular flexibility index (Phi) is 4.90. The molecule has 2 aromatic heterocycles. The summed E-state index contributed by atoms with van der Waals surface area (Å²) in [4.78, 5) is 26.0. The lowest BCUT2D eigenvalue weighted by Crippen LogP contribution is -2.53. The van der Waals surface area contributed by atoms with E-state index in [0.29, 0.717) is 11.4 Å². The minimum atomic E-state index is -4.11. The monoisotopic (exact) mass is 385 g/mol. The molecule has 0 bridgehead atoms. The molecule has 1 aliphatic rings. The first-order valence-electron chi connectivity index (χ1n) is 8.16. The fourth-order valence-electron chi connectivity index (χ4n) is 3.13. The Bertz CT molecular complexity index is 1010. The summed E-state index contributed by atoms with van der Waals surface area (Å²) in [6.45, 7) is 3.55. The fraction of sp³-hybridized carbons (Fsp3) is 0.222. The van der Waals surface area contributed by atoms with Crippen molar-refractivity contribution < 1.29 is 13.2 Å². The zero-order valence-corrected chi connectivity index (χ0v) is 15.6. The molecular formula is C18H19N5O3S. The topological polar surface area (TPSA) is 128 Å². The number of carbonyl (C=O) groups excluding carboxylic acids is 1. The van der Waals surface area contributed by atoms with Crippen molar-refractivity contribution in [2.75, 3.05) is 5.32 Å². The van der Waals surface area contributed by atoms with Gasteiger partial charge >= 0.3 is 0 Å². The third-order valence-electron chi connectivity index (χ3n) is 4.23. The van der Waals surface area contributed by atoms with Gasteiger partial charge in [-0.3, -0.25) is 15.1 Å². The average Bonchev–Trinajstić information content (AvgIpc) is 2.60. The second kappa shape index (κ2) is 7.01. The van der Waals surface area contributed by atoms with Gasteiger partial charge in [0.2, 0.25) is 21.9 Å². The molecule has 2 atom stereocenters. The number of hydrogen-bond acceptors (Lipinski definition) is 6. The lowest BCUT2D eigenvalue weighted by Gasteiger charge is -2.35. The quantitative estimate of drug-likeness (QED) is 0.812. The van der Waals surface area contributed by atoms with E-state index >= 15 is 0 Å². The standard InChI is InChI=1S/C18H19N5O3S/c1-12-11-13(2)22-17(21-12)23-16(24)18(14-7-4-6-10-20-14)9-5-3-8-15(18)27(19,25)26/h3-11,15H,1-2H3,(H2,19,25,26)(H,21,22,23,24). The first kappa shape index (κ1) is 18.9. The highest BCUT2D eigenvalue weighted by atomic mass is 32.2. The molecule has 0 spiro atoms. The maximum atomic E-state index is 13.3. The number of anilines is 1. The third kappa shape index (κ3) is 3.64. The zero-order valence-electron chi connectivity index (χ0n) is 14.8. The van der Waals surface area contributed by atoms with E-state index < -0.39 is 26.6 Å². The molecule has 0 aromatic carbocycles. The van der Waals surface area contributed by atoms with Crippen LogP contribution >= 0.6 is 0 Å². The summed E-state index contributed by atoms with van der Waals surface area (Å²) in [5.74, 6) is -0.547. The van der Waals surface area contributed by atoms with Gasteiger partial charge in [-0.1, -0.05) is 30.4 Å². The van der Waals surface area contributed by atoms with Gasteiger partial charge in [0.1, 0.15) is 10.7 Å². The number of nitrogens with zero attached hydrogens (tertiary/aromatic N) is 3. The number of aromatic nitrogens is 3. The number of rotatable bonds is 4. The Labute approximate surface area is 157 Å². The van der Waals surface area contributed by atoms with Crippen molar-refractivity contribution in [1.82, 2.24) is 15.0 Å². The van der Waals surface area contributed by atoms with Crippen LogP contribution in [0, 0.1) is 13.8 Å². The van der Waals surface area contributed by atoms with Gasteiger partial charge in [-0.2, -0.15) is 0 Å². The van der Waals surface area contributed by atoms with Crippen molar-refractivity contribution in [3.8, 4) is 0 Å². The molecule has 0 saturated carbocycles. The molecule has 1 aliphatic carbocycles. The van der Waals surface area contributed by atoms with Crippen LogP contribution in [0.2, 0.25) is 0 Å². The van der Waals surface area contributed by atoms with Crippen LogP contribution in [0.3, 0.4) is 0 Å². The summed E-state index contributed by atoms with van der Waals surface area (Å²) >= 11 is 0. The highest BCUT2D eigenvalue weighted by Gasteiger charge is 2.51. The van der Waals surface area contributed by atoms with Crippen molar-refractivity contribution in [2.24, 2.45) is 5.14 Å². The third-order valence-corrected chi connectivity index (χ3v) is 5.47. The summed E-state index contributed by atoms with van der Waals surface area (Å²) in [5, 5.41) is 6.76. The Morgan fingerprint density at radius 1 is 1.19 bits per heavy atom. The van der Waals surface area contributed by atoms with Gasteiger partial charge < -0.3 is 0 Å². The van der Waals surface area contributed by atoms with E-state index in [1.165, 1.54) is 24.4 Å². The largest absolute Gasteiger partial charge is 0.293 e. The maximum absolute atomic E-state index is 13.3. The van der Waals surface area contributed by atoms with Crippen LogP contribution in [-0.2, 0) is 20.2 Å². The van der Waals surface area contributed by atoms with Crippen LogP contribution in [0.4, 0.5) is 5.95 Å². The Morgan fingerprint density at radius 2 is 1.89 bits per heavy atom. The van der Waals surface area contributed by atoms with E-state index in [0.717, 1.165) is 0 Å². The molecule has 3 N–H and O–H groups in total. The molecule has 8 nitrogen and oxygen atoms in total. The number of hydrogen-bond donors (Lipinski definition) is 2.